The molecule has 2 aromatic carbocycles. The predicted octanol–water partition coefficient (Wildman–Crippen LogP) is 3.46. The van der Waals surface area contributed by atoms with E-state index in [1.807, 2.05) is 25.1 Å². The smallest absolute Gasteiger partial charge is 0.123 e. The summed E-state index contributed by atoms with van der Waals surface area (Å²) in [5.74, 6) is 6.11. The SMILES string of the molecule is COc1ccc(Br)c(C(NN)c2cc(F)ccc2C)c1. The molecule has 106 valence electrons. The molecule has 0 aliphatic carbocycles. The van der Waals surface area contributed by atoms with Crippen molar-refractivity contribution >= 4 is 15.9 Å². The molecular weight excluding hydrogens is 323 g/mol. The van der Waals surface area contributed by atoms with E-state index < -0.39 is 0 Å². The van der Waals surface area contributed by atoms with Crippen LogP contribution in [0.5, 0.6) is 5.75 Å². The van der Waals surface area contributed by atoms with E-state index in [-0.39, 0.29) is 11.9 Å². The minimum Gasteiger partial charge on any atom is -0.497 e. The Morgan fingerprint density at radius 3 is 2.60 bits per heavy atom. The standard InChI is InChI=1S/C15H16BrFN2O/c1-9-3-4-10(17)7-12(9)15(19-18)13-8-11(20-2)5-6-14(13)16/h3-8,15,19H,18H2,1-2H3. The van der Waals surface area contributed by atoms with Crippen LogP contribution in [-0.4, -0.2) is 7.11 Å². The number of rotatable bonds is 4. The molecule has 0 heterocycles. The second kappa shape index (κ2) is 6.35. The van der Waals surface area contributed by atoms with Gasteiger partial charge in [0.15, 0.2) is 0 Å². The van der Waals surface area contributed by atoms with Crippen molar-refractivity contribution in [2.75, 3.05) is 7.11 Å². The lowest BCUT2D eigenvalue weighted by Gasteiger charge is -2.21. The zero-order chi connectivity index (χ0) is 14.7. The van der Waals surface area contributed by atoms with Crippen LogP contribution in [-0.2, 0) is 0 Å². The van der Waals surface area contributed by atoms with E-state index in [2.05, 4.69) is 21.4 Å². The fourth-order valence-electron chi connectivity index (χ4n) is 2.14. The van der Waals surface area contributed by atoms with Gasteiger partial charge in [-0.3, -0.25) is 5.84 Å². The maximum Gasteiger partial charge on any atom is 0.123 e. The number of methoxy groups -OCH3 is 1. The molecular formula is C15H16BrFN2O. The third-order valence-corrected chi connectivity index (χ3v) is 3.96. The molecule has 0 aliphatic heterocycles. The highest BCUT2D eigenvalue weighted by Gasteiger charge is 2.18. The summed E-state index contributed by atoms with van der Waals surface area (Å²) < 4.78 is 19.6. The number of hydrazine groups is 1. The highest BCUT2D eigenvalue weighted by Crippen LogP contribution is 2.32. The molecule has 0 saturated carbocycles. The first kappa shape index (κ1) is 15.0. The van der Waals surface area contributed by atoms with Gasteiger partial charge in [-0.25, -0.2) is 9.82 Å². The lowest BCUT2D eigenvalue weighted by molar-refractivity contribution is 0.413. The van der Waals surface area contributed by atoms with Crippen molar-refractivity contribution in [2.45, 2.75) is 13.0 Å². The van der Waals surface area contributed by atoms with E-state index in [1.54, 1.807) is 13.2 Å². The maximum absolute atomic E-state index is 13.5. The normalized spacial score (nSPS) is 12.2. The average molecular weight is 339 g/mol. The largest absolute Gasteiger partial charge is 0.497 e. The molecule has 0 fully saturated rings. The van der Waals surface area contributed by atoms with Crippen molar-refractivity contribution in [3.63, 3.8) is 0 Å². The van der Waals surface area contributed by atoms with Gasteiger partial charge in [0.25, 0.3) is 0 Å². The van der Waals surface area contributed by atoms with Crippen LogP contribution in [0.15, 0.2) is 40.9 Å². The molecule has 1 atom stereocenters. The third-order valence-electron chi connectivity index (χ3n) is 3.23. The van der Waals surface area contributed by atoms with E-state index in [0.717, 1.165) is 26.9 Å². The number of nitrogens with one attached hydrogen (secondary N) is 1. The van der Waals surface area contributed by atoms with Crippen molar-refractivity contribution < 1.29 is 9.13 Å². The molecule has 3 N–H and O–H groups in total. The summed E-state index contributed by atoms with van der Waals surface area (Å²) >= 11 is 3.50. The number of benzene rings is 2. The first-order chi connectivity index (χ1) is 9.56. The Balaban J connectivity index is 2.54. The van der Waals surface area contributed by atoms with Crippen molar-refractivity contribution in [1.82, 2.24) is 5.43 Å². The third kappa shape index (κ3) is 3.00. The molecule has 0 spiro atoms. The molecule has 0 amide bonds. The second-order valence-electron chi connectivity index (χ2n) is 4.49. The predicted molar refractivity (Wildman–Crippen MR) is 81.0 cm³/mol. The summed E-state index contributed by atoms with van der Waals surface area (Å²) in [5, 5.41) is 0. The molecule has 0 radical (unpaired) electrons. The minimum atomic E-state index is -0.324. The Kier molecular flexibility index (Phi) is 4.75. The van der Waals surface area contributed by atoms with Gasteiger partial charge in [-0.1, -0.05) is 22.0 Å². The molecule has 20 heavy (non-hydrogen) atoms. The van der Waals surface area contributed by atoms with Gasteiger partial charge in [0.2, 0.25) is 0 Å². The highest BCUT2D eigenvalue weighted by molar-refractivity contribution is 9.10. The van der Waals surface area contributed by atoms with Gasteiger partial charge in [0, 0.05) is 4.47 Å². The Labute approximate surface area is 126 Å². The van der Waals surface area contributed by atoms with Gasteiger partial charge in [-0.15, -0.1) is 0 Å². The van der Waals surface area contributed by atoms with E-state index >= 15 is 0 Å². The second-order valence-corrected chi connectivity index (χ2v) is 5.34. The van der Waals surface area contributed by atoms with Gasteiger partial charge in [0.05, 0.1) is 13.2 Å². The molecule has 1 unspecified atom stereocenters. The number of ether oxygens (including phenoxy) is 1. The van der Waals surface area contributed by atoms with Crippen molar-refractivity contribution in [1.29, 1.82) is 0 Å². The molecule has 0 bridgehead atoms. The zero-order valence-electron chi connectivity index (χ0n) is 11.3. The van der Waals surface area contributed by atoms with Gasteiger partial charge in [-0.2, -0.15) is 0 Å². The van der Waals surface area contributed by atoms with Crippen molar-refractivity contribution in [2.24, 2.45) is 5.84 Å². The number of nitrogens with two attached hydrogens (primary N) is 1. The van der Waals surface area contributed by atoms with Crippen molar-refractivity contribution in [3.05, 3.63) is 63.4 Å². The Morgan fingerprint density at radius 2 is 1.95 bits per heavy atom. The fraction of sp³-hybridized carbons (Fsp3) is 0.200. The summed E-state index contributed by atoms with van der Waals surface area (Å²) in [6, 6.07) is 9.95. The molecule has 2 aromatic rings. The Morgan fingerprint density at radius 1 is 1.20 bits per heavy atom. The average Bonchev–Trinajstić information content (AvgIpc) is 2.45. The summed E-state index contributed by atoms with van der Waals surface area (Å²) in [4.78, 5) is 0. The summed E-state index contributed by atoms with van der Waals surface area (Å²) in [6.45, 7) is 1.92. The summed E-state index contributed by atoms with van der Waals surface area (Å²) in [7, 11) is 1.60. The minimum absolute atomic E-state index is 0.287. The fourth-order valence-corrected chi connectivity index (χ4v) is 2.62. The van der Waals surface area contributed by atoms with Crippen LogP contribution in [0.25, 0.3) is 0 Å². The Bertz CT molecular complexity index is 619. The molecule has 0 aliphatic rings. The molecule has 2 rings (SSSR count). The van der Waals surface area contributed by atoms with E-state index in [9.17, 15) is 4.39 Å². The maximum atomic E-state index is 13.5. The van der Waals surface area contributed by atoms with Crippen LogP contribution < -0.4 is 16.0 Å². The topological polar surface area (TPSA) is 47.3 Å². The molecule has 3 nitrogen and oxygen atoms in total. The first-order valence-corrected chi connectivity index (χ1v) is 6.91. The van der Waals surface area contributed by atoms with E-state index in [4.69, 9.17) is 10.6 Å². The van der Waals surface area contributed by atoms with Crippen LogP contribution >= 0.6 is 15.9 Å². The summed E-state index contributed by atoms with van der Waals surface area (Å²) in [6.07, 6.45) is 0. The summed E-state index contributed by atoms with van der Waals surface area (Å²) in [5.41, 5.74) is 5.39. The molecule has 0 aromatic heterocycles. The van der Waals surface area contributed by atoms with E-state index in [1.165, 1.54) is 12.1 Å². The van der Waals surface area contributed by atoms with Gasteiger partial charge >= 0.3 is 0 Å². The zero-order valence-corrected chi connectivity index (χ0v) is 12.9. The van der Waals surface area contributed by atoms with Crippen LogP contribution in [0.4, 0.5) is 4.39 Å². The molecule has 0 saturated heterocycles. The van der Waals surface area contributed by atoms with Crippen LogP contribution in [0.3, 0.4) is 0 Å². The monoisotopic (exact) mass is 338 g/mol. The van der Waals surface area contributed by atoms with Crippen LogP contribution in [0.1, 0.15) is 22.7 Å². The lowest BCUT2D eigenvalue weighted by Crippen LogP contribution is -2.29. The number of hydrogen-bond acceptors (Lipinski definition) is 3. The first-order valence-electron chi connectivity index (χ1n) is 6.12. The lowest BCUT2D eigenvalue weighted by atomic mass is 9.95. The van der Waals surface area contributed by atoms with Gasteiger partial charge in [-0.05, 0) is 53.9 Å². The Hall–Kier alpha value is -1.43. The van der Waals surface area contributed by atoms with E-state index in [0.29, 0.717) is 0 Å². The number of hydrogen-bond donors (Lipinski definition) is 2. The van der Waals surface area contributed by atoms with Crippen LogP contribution in [0.2, 0.25) is 0 Å². The number of aryl methyl sites for hydroxylation is 1. The van der Waals surface area contributed by atoms with Crippen molar-refractivity contribution in [3.8, 4) is 5.75 Å². The van der Waals surface area contributed by atoms with Crippen LogP contribution in [0, 0.1) is 12.7 Å². The van der Waals surface area contributed by atoms with Gasteiger partial charge in [0.1, 0.15) is 11.6 Å². The quantitative estimate of drug-likeness (QED) is 0.663. The number of halogens is 2. The highest BCUT2D eigenvalue weighted by atomic mass is 79.9. The molecule has 5 heteroatoms. The van der Waals surface area contributed by atoms with Gasteiger partial charge < -0.3 is 4.74 Å².